The highest BCUT2D eigenvalue weighted by Gasteiger charge is 2.25. The molecule has 0 spiro atoms. The van der Waals surface area contributed by atoms with Crippen molar-refractivity contribution in [3.05, 3.63) is 22.8 Å². The van der Waals surface area contributed by atoms with Crippen molar-refractivity contribution < 1.29 is 8.94 Å². The van der Waals surface area contributed by atoms with Crippen LogP contribution in [0.25, 0.3) is 11.5 Å². The first kappa shape index (κ1) is 11.9. The van der Waals surface area contributed by atoms with Gasteiger partial charge in [0.2, 0.25) is 0 Å². The van der Waals surface area contributed by atoms with Crippen molar-refractivity contribution in [2.75, 3.05) is 26.7 Å². The van der Waals surface area contributed by atoms with Gasteiger partial charge in [-0.15, -0.1) is 0 Å². The molecular formula is C11H13BrN4O2. The molecule has 2 aromatic rings. The van der Waals surface area contributed by atoms with Crippen molar-refractivity contribution in [3.63, 3.8) is 0 Å². The Kier molecular flexibility index (Phi) is 3.19. The minimum absolute atomic E-state index is 0.159. The summed E-state index contributed by atoms with van der Waals surface area (Å²) < 4.78 is 11.1. The van der Waals surface area contributed by atoms with E-state index in [1.165, 1.54) is 0 Å². The van der Waals surface area contributed by atoms with Crippen LogP contribution in [0.1, 0.15) is 11.9 Å². The molecule has 1 aliphatic heterocycles. The number of hydrogen-bond acceptors (Lipinski definition) is 6. The van der Waals surface area contributed by atoms with Gasteiger partial charge in [-0.25, -0.2) is 0 Å². The molecule has 18 heavy (non-hydrogen) atoms. The van der Waals surface area contributed by atoms with Crippen LogP contribution in [0.2, 0.25) is 0 Å². The van der Waals surface area contributed by atoms with E-state index in [1.54, 1.807) is 12.3 Å². The van der Waals surface area contributed by atoms with E-state index >= 15 is 0 Å². The van der Waals surface area contributed by atoms with Crippen LogP contribution < -0.4 is 5.32 Å². The Morgan fingerprint density at radius 1 is 1.56 bits per heavy atom. The number of furan rings is 1. The molecule has 7 heteroatoms. The van der Waals surface area contributed by atoms with E-state index < -0.39 is 0 Å². The highest BCUT2D eigenvalue weighted by Crippen LogP contribution is 2.25. The number of halogens is 1. The largest absolute Gasteiger partial charge is 0.457 e. The second kappa shape index (κ2) is 4.83. The zero-order chi connectivity index (χ0) is 12.5. The van der Waals surface area contributed by atoms with Crippen molar-refractivity contribution in [3.8, 4) is 11.5 Å². The summed E-state index contributed by atoms with van der Waals surface area (Å²) in [5, 5.41) is 7.38. The molecule has 0 saturated carbocycles. The number of hydrogen-bond donors (Lipinski definition) is 1. The van der Waals surface area contributed by atoms with Crippen LogP contribution in [0.5, 0.6) is 0 Å². The third-order valence-electron chi connectivity index (χ3n) is 3.07. The molecular weight excluding hydrogens is 300 g/mol. The molecule has 1 saturated heterocycles. The Balaban J connectivity index is 1.84. The molecule has 1 aliphatic rings. The molecule has 3 heterocycles. The van der Waals surface area contributed by atoms with E-state index in [0.717, 1.165) is 25.2 Å². The molecule has 1 N–H and O–H groups in total. The van der Waals surface area contributed by atoms with Crippen molar-refractivity contribution in [2.45, 2.75) is 6.04 Å². The summed E-state index contributed by atoms with van der Waals surface area (Å²) in [6.45, 7) is 2.81. The smallest absolute Gasteiger partial charge is 0.261 e. The summed E-state index contributed by atoms with van der Waals surface area (Å²) in [4.78, 5) is 6.65. The van der Waals surface area contributed by atoms with E-state index in [0.29, 0.717) is 16.4 Å². The van der Waals surface area contributed by atoms with Gasteiger partial charge in [0.25, 0.3) is 5.89 Å². The van der Waals surface area contributed by atoms with Crippen LogP contribution in [0.15, 0.2) is 25.9 Å². The molecule has 0 aliphatic carbocycles. The second-order valence-electron chi connectivity index (χ2n) is 4.30. The lowest BCUT2D eigenvalue weighted by atomic mass is 10.2. The van der Waals surface area contributed by atoms with Crippen LogP contribution in [0.3, 0.4) is 0 Å². The molecule has 0 bridgehead atoms. The first-order chi connectivity index (χ1) is 8.74. The van der Waals surface area contributed by atoms with Crippen molar-refractivity contribution in [1.29, 1.82) is 0 Å². The Morgan fingerprint density at radius 2 is 2.44 bits per heavy atom. The molecule has 1 atom stereocenters. The molecule has 96 valence electrons. The lowest BCUT2D eigenvalue weighted by molar-refractivity contribution is 0.190. The predicted octanol–water partition coefficient (Wildman–Crippen LogP) is 1.67. The summed E-state index contributed by atoms with van der Waals surface area (Å²) >= 11 is 3.25. The van der Waals surface area contributed by atoms with Gasteiger partial charge in [-0.2, -0.15) is 4.98 Å². The van der Waals surface area contributed by atoms with Gasteiger partial charge >= 0.3 is 0 Å². The molecule has 2 aromatic heterocycles. The normalized spacial score (nSPS) is 21.3. The maximum absolute atomic E-state index is 5.27. The lowest BCUT2D eigenvalue weighted by Gasteiger charge is -2.30. The average molecular weight is 313 g/mol. The topological polar surface area (TPSA) is 67.3 Å². The van der Waals surface area contributed by atoms with Gasteiger partial charge in [0.15, 0.2) is 10.5 Å². The molecule has 0 aromatic carbocycles. The van der Waals surface area contributed by atoms with Crippen molar-refractivity contribution in [2.24, 2.45) is 0 Å². The highest BCUT2D eigenvalue weighted by atomic mass is 79.9. The molecule has 0 amide bonds. The SMILES string of the molecule is CN1CCNCC1c1noc(-c2coc(Br)c2)n1. The number of aromatic nitrogens is 2. The average Bonchev–Trinajstić information content (AvgIpc) is 2.98. The zero-order valence-corrected chi connectivity index (χ0v) is 11.5. The zero-order valence-electron chi connectivity index (χ0n) is 9.89. The maximum atomic E-state index is 5.27. The highest BCUT2D eigenvalue weighted by molar-refractivity contribution is 9.10. The fraction of sp³-hybridized carbons (Fsp3) is 0.455. The second-order valence-corrected chi connectivity index (χ2v) is 5.08. The van der Waals surface area contributed by atoms with E-state index in [-0.39, 0.29) is 6.04 Å². The van der Waals surface area contributed by atoms with Gasteiger partial charge in [-0.1, -0.05) is 5.16 Å². The third-order valence-corrected chi connectivity index (χ3v) is 3.48. The van der Waals surface area contributed by atoms with Crippen LogP contribution in [0, 0.1) is 0 Å². The first-order valence-electron chi connectivity index (χ1n) is 5.73. The van der Waals surface area contributed by atoms with Gasteiger partial charge < -0.3 is 14.3 Å². The molecule has 3 rings (SSSR count). The number of rotatable bonds is 2. The van der Waals surface area contributed by atoms with Crippen LogP contribution in [0.4, 0.5) is 0 Å². The molecule has 1 fully saturated rings. The Bertz CT molecular complexity index is 539. The maximum Gasteiger partial charge on any atom is 0.261 e. The van der Waals surface area contributed by atoms with Crippen LogP contribution >= 0.6 is 15.9 Å². The summed E-state index contributed by atoms with van der Waals surface area (Å²) in [6.07, 6.45) is 1.59. The monoisotopic (exact) mass is 312 g/mol. The standard InChI is InChI=1S/C11H13BrN4O2/c1-16-3-2-13-5-8(16)10-14-11(18-15-10)7-4-9(12)17-6-7/h4,6,8,13H,2-3,5H2,1H3. The van der Waals surface area contributed by atoms with E-state index in [9.17, 15) is 0 Å². The van der Waals surface area contributed by atoms with Gasteiger partial charge in [0.1, 0.15) is 6.26 Å². The minimum Gasteiger partial charge on any atom is -0.457 e. The van der Waals surface area contributed by atoms with Gasteiger partial charge in [0.05, 0.1) is 11.6 Å². The predicted molar refractivity (Wildman–Crippen MR) is 67.9 cm³/mol. The fourth-order valence-electron chi connectivity index (χ4n) is 2.00. The number of nitrogens with one attached hydrogen (secondary N) is 1. The fourth-order valence-corrected chi connectivity index (χ4v) is 2.34. The van der Waals surface area contributed by atoms with Gasteiger partial charge in [-0.05, 0) is 23.0 Å². The molecule has 0 radical (unpaired) electrons. The van der Waals surface area contributed by atoms with E-state index in [2.05, 4.69) is 43.3 Å². The summed E-state index contributed by atoms with van der Waals surface area (Å²) in [5.41, 5.74) is 0.784. The Morgan fingerprint density at radius 3 is 3.17 bits per heavy atom. The lowest BCUT2D eigenvalue weighted by Crippen LogP contribution is -2.44. The summed E-state index contributed by atoms with van der Waals surface area (Å²) in [7, 11) is 2.07. The molecule has 6 nitrogen and oxygen atoms in total. The van der Waals surface area contributed by atoms with E-state index in [4.69, 9.17) is 8.94 Å². The van der Waals surface area contributed by atoms with Gasteiger partial charge in [-0.3, -0.25) is 4.90 Å². The van der Waals surface area contributed by atoms with Crippen LogP contribution in [-0.4, -0.2) is 41.7 Å². The Labute approximate surface area is 112 Å². The Hall–Kier alpha value is -1.18. The van der Waals surface area contributed by atoms with Crippen molar-refractivity contribution in [1.82, 2.24) is 20.4 Å². The first-order valence-corrected chi connectivity index (χ1v) is 6.52. The van der Waals surface area contributed by atoms with Crippen molar-refractivity contribution >= 4 is 15.9 Å². The third kappa shape index (κ3) is 2.21. The molecule has 1 unspecified atom stereocenters. The summed E-state index contributed by atoms with van der Waals surface area (Å²) in [6, 6.07) is 1.96. The number of piperazine rings is 1. The summed E-state index contributed by atoms with van der Waals surface area (Å²) in [5.74, 6) is 1.19. The number of likely N-dealkylation sites (N-methyl/N-ethyl adjacent to an activating group) is 1. The van der Waals surface area contributed by atoms with E-state index in [1.807, 2.05) is 0 Å². The number of nitrogens with zero attached hydrogens (tertiary/aromatic N) is 3. The quantitative estimate of drug-likeness (QED) is 0.910. The minimum atomic E-state index is 0.159. The van der Waals surface area contributed by atoms with Crippen LogP contribution in [-0.2, 0) is 0 Å². The van der Waals surface area contributed by atoms with Gasteiger partial charge in [0, 0.05) is 25.7 Å².